The average molecular weight is 381 g/mol. The second-order valence-electron chi connectivity index (χ2n) is 7.03. The van der Waals surface area contributed by atoms with Crippen LogP contribution in [0, 0.1) is 12.8 Å². The highest BCUT2D eigenvalue weighted by molar-refractivity contribution is 6.31. The van der Waals surface area contributed by atoms with E-state index in [1.807, 2.05) is 6.92 Å². The van der Waals surface area contributed by atoms with Gasteiger partial charge in [-0.25, -0.2) is 0 Å². The summed E-state index contributed by atoms with van der Waals surface area (Å²) in [6, 6.07) is 0. The summed E-state index contributed by atoms with van der Waals surface area (Å²) >= 11 is 6.40. The summed E-state index contributed by atoms with van der Waals surface area (Å²) in [6.45, 7) is 6.02. The molecule has 26 heavy (non-hydrogen) atoms. The average Bonchev–Trinajstić information content (AvgIpc) is 2.90. The molecule has 1 aromatic rings. The molecule has 7 heteroatoms. The van der Waals surface area contributed by atoms with Gasteiger partial charge in [0.05, 0.1) is 5.69 Å². The number of rotatable bonds is 6. The van der Waals surface area contributed by atoms with E-state index in [1.54, 1.807) is 40.7 Å². The molecule has 0 bridgehead atoms. The Hall–Kier alpha value is -1.82. The molecular formula is C19H29ClN4O2. The fourth-order valence-electron chi connectivity index (χ4n) is 3.18. The maximum absolute atomic E-state index is 12.5. The van der Waals surface area contributed by atoms with Crippen molar-refractivity contribution in [3.8, 4) is 0 Å². The van der Waals surface area contributed by atoms with Gasteiger partial charge in [-0.2, -0.15) is 5.10 Å². The molecular weight excluding hydrogens is 352 g/mol. The van der Waals surface area contributed by atoms with E-state index in [0.717, 1.165) is 30.6 Å². The number of nitrogens with zero attached hydrogens (tertiary/aromatic N) is 4. The van der Waals surface area contributed by atoms with Gasteiger partial charge in [-0.1, -0.05) is 24.9 Å². The molecule has 2 amide bonds. The molecule has 2 heterocycles. The van der Waals surface area contributed by atoms with Crippen LogP contribution in [0.1, 0.15) is 43.9 Å². The molecule has 0 spiro atoms. The van der Waals surface area contributed by atoms with Crippen molar-refractivity contribution in [3.63, 3.8) is 0 Å². The zero-order valence-electron chi connectivity index (χ0n) is 16.2. The Morgan fingerprint density at radius 3 is 2.54 bits per heavy atom. The van der Waals surface area contributed by atoms with Crippen molar-refractivity contribution in [2.24, 2.45) is 5.92 Å². The summed E-state index contributed by atoms with van der Waals surface area (Å²) in [6.07, 6.45) is 6.84. The van der Waals surface area contributed by atoms with Gasteiger partial charge >= 0.3 is 0 Å². The van der Waals surface area contributed by atoms with E-state index in [0.29, 0.717) is 31.1 Å². The van der Waals surface area contributed by atoms with Crippen molar-refractivity contribution < 1.29 is 9.59 Å². The van der Waals surface area contributed by atoms with E-state index in [2.05, 4.69) is 12.0 Å². The summed E-state index contributed by atoms with van der Waals surface area (Å²) in [7, 11) is 3.55. The van der Waals surface area contributed by atoms with Crippen molar-refractivity contribution in [2.45, 2.75) is 46.1 Å². The molecule has 0 saturated carbocycles. The third-order valence-corrected chi connectivity index (χ3v) is 5.22. The van der Waals surface area contributed by atoms with Crippen LogP contribution in [0.2, 0.25) is 5.15 Å². The number of unbranched alkanes of at least 4 members (excludes halogenated alkanes) is 1. The number of piperidine rings is 1. The molecule has 2 rings (SSSR count). The quantitative estimate of drug-likeness (QED) is 0.713. The molecule has 0 unspecified atom stereocenters. The number of aromatic nitrogens is 2. The lowest BCUT2D eigenvalue weighted by Gasteiger charge is -2.31. The van der Waals surface area contributed by atoms with Gasteiger partial charge in [-0.15, -0.1) is 0 Å². The molecule has 1 fully saturated rings. The van der Waals surface area contributed by atoms with E-state index < -0.39 is 0 Å². The lowest BCUT2D eigenvalue weighted by Crippen LogP contribution is -2.42. The molecule has 1 aliphatic heterocycles. The highest BCUT2D eigenvalue weighted by Crippen LogP contribution is 2.23. The van der Waals surface area contributed by atoms with Gasteiger partial charge in [0, 0.05) is 51.3 Å². The Morgan fingerprint density at radius 2 is 1.96 bits per heavy atom. The number of hydrogen-bond acceptors (Lipinski definition) is 3. The van der Waals surface area contributed by atoms with Gasteiger partial charge in [0.15, 0.2) is 0 Å². The fourth-order valence-corrected chi connectivity index (χ4v) is 3.51. The van der Waals surface area contributed by atoms with Crippen molar-refractivity contribution >= 4 is 29.5 Å². The van der Waals surface area contributed by atoms with Gasteiger partial charge in [-0.3, -0.25) is 14.3 Å². The van der Waals surface area contributed by atoms with E-state index in [-0.39, 0.29) is 17.7 Å². The smallest absolute Gasteiger partial charge is 0.246 e. The molecule has 0 aliphatic carbocycles. The van der Waals surface area contributed by atoms with Crippen LogP contribution in [0.3, 0.4) is 0 Å². The van der Waals surface area contributed by atoms with Crippen LogP contribution in [0.5, 0.6) is 0 Å². The second kappa shape index (κ2) is 9.21. The largest absolute Gasteiger partial charge is 0.349 e. The van der Waals surface area contributed by atoms with Crippen LogP contribution < -0.4 is 0 Å². The van der Waals surface area contributed by atoms with E-state index >= 15 is 0 Å². The Kier molecular flexibility index (Phi) is 7.26. The van der Waals surface area contributed by atoms with Gasteiger partial charge in [0.25, 0.3) is 0 Å². The minimum absolute atomic E-state index is 0.0199. The predicted octanol–water partition coefficient (Wildman–Crippen LogP) is 2.99. The molecule has 0 atom stereocenters. The van der Waals surface area contributed by atoms with Crippen molar-refractivity contribution in [1.29, 1.82) is 0 Å². The molecule has 1 saturated heterocycles. The number of carbonyl (C=O) groups is 2. The zero-order valence-corrected chi connectivity index (χ0v) is 16.9. The van der Waals surface area contributed by atoms with Gasteiger partial charge in [0.1, 0.15) is 5.15 Å². The van der Waals surface area contributed by atoms with Crippen LogP contribution in [0.15, 0.2) is 6.08 Å². The summed E-state index contributed by atoms with van der Waals surface area (Å²) < 4.78 is 1.79. The third-order valence-electron chi connectivity index (χ3n) is 4.82. The first kappa shape index (κ1) is 20.5. The maximum atomic E-state index is 12.5. The molecule has 144 valence electrons. The van der Waals surface area contributed by atoms with E-state index in [4.69, 9.17) is 11.6 Å². The Morgan fingerprint density at radius 1 is 1.31 bits per heavy atom. The van der Waals surface area contributed by atoms with Crippen LogP contribution >= 0.6 is 11.6 Å². The highest BCUT2D eigenvalue weighted by atomic mass is 35.5. The van der Waals surface area contributed by atoms with Gasteiger partial charge < -0.3 is 9.80 Å². The summed E-state index contributed by atoms with van der Waals surface area (Å²) in [5, 5.41) is 5.03. The second-order valence-corrected chi connectivity index (χ2v) is 7.39. The molecule has 0 radical (unpaired) electrons. The first-order valence-electron chi connectivity index (χ1n) is 9.26. The molecule has 0 aromatic carbocycles. The van der Waals surface area contributed by atoms with E-state index in [1.165, 1.54) is 0 Å². The number of hydrogen-bond donors (Lipinski definition) is 0. The number of halogens is 1. The summed E-state index contributed by atoms with van der Waals surface area (Å²) in [4.78, 5) is 27.9. The maximum Gasteiger partial charge on any atom is 0.246 e. The highest BCUT2D eigenvalue weighted by Gasteiger charge is 2.27. The molecule has 1 aliphatic rings. The number of carbonyl (C=O) groups excluding carboxylic acids is 2. The first-order valence-corrected chi connectivity index (χ1v) is 9.64. The third kappa shape index (κ3) is 4.87. The van der Waals surface area contributed by atoms with Crippen molar-refractivity contribution in [2.75, 3.05) is 27.2 Å². The van der Waals surface area contributed by atoms with Gasteiger partial charge in [0.2, 0.25) is 11.8 Å². The van der Waals surface area contributed by atoms with Crippen LogP contribution in [-0.4, -0.2) is 58.6 Å². The minimum atomic E-state index is -0.0440. The van der Waals surface area contributed by atoms with Crippen molar-refractivity contribution in [1.82, 2.24) is 19.6 Å². The number of likely N-dealkylation sites (tertiary alicyclic amines) is 1. The van der Waals surface area contributed by atoms with Crippen LogP contribution in [-0.2, 0) is 16.1 Å². The standard InChI is InChI=1S/C19H29ClN4O2/c1-5-6-11-24-18(20)16(14(2)21-24)7-8-17(25)23-12-9-15(10-13-23)19(26)22(3)4/h7-8,15H,5-6,9-13H2,1-4H3/b8-7+. The topological polar surface area (TPSA) is 58.4 Å². The molecule has 1 aromatic heterocycles. The predicted molar refractivity (Wildman–Crippen MR) is 104 cm³/mol. The number of amides is 2. The normalized spacial score (nSPS) is 15.7. The lowest BCUT2D eigenvalue weighted by molar-refractivity contribution is -0.137. The molecule has 6 nitrogen and oxygen atoms in total. The SMILES string of the molecule is CCCCn1nc(C)c(/C=C/C(=O)N2CCC(C(=O)N(C)C)CC2)c1Cl. The number of aryl methyl sites for hydroxylation is 2. The van der Waals surface area contributed by atoms with Crippen LogP contribution in [0.25, 0.3) is 6.08 Å². The lowest BCUT2D eigenvalue weighted by atomic mass is 9.95. The van der Waals surface area contributed by atoms with Gasteiger partial charge in [-0.05, 0) is 32.3 Å². The first-order chi connectivity index (χ1) is 12.3. The zero-order chi connectivity index (χ0) is 19.3. The van der Waals surface area contributed by atoms with Crippen molar-refractivity contribution in [3.05, 3.63) is 22.5 Å². The summed E-state index contributed by atoms with van der Waals surface area (Å²) in [5.41, 5.74) is 1.62. The Bertz CT molecular complexity index is 673. The van der Waals surface area contributed by atoms with Crippen LogP contribution in [0.4, 0.5) is 0 Å². The monoisotopic (exact) mass is 380 g/mol. The van der Waals surface area contributed by atoms with E-state index in [9.17, 15) is 9.59 Å². The Balaban J connectivity index is 1.96. The Labute approximate surface area is 160 Å². The fraction of sp³-hybridized carbons (Fsp3) is 0.632. The minimum Gasteiger partial charge on any atom is -0.349 e. The summed E-state index contributed by atoms with van der Waals surface area (Å²) in [5.74, 6) is 0.124. The molecule has 0 N–H and O–H groups in total.